The number of ether oxygens (including phenoxy) is 2. The zero-order valence-corrected chi connectivity index (χ0v) is 17.3. The van der Waals surface area contributed by atoms with E-state index in [-0.39, 0.29) is 34.8 Å². The molecular formula is C23H30F2O4. The lowest BCUT2D eigenvalue weighted by Gasteiger charge is -2.62. The summed E-state index contributed by atoms with van der Waals surface area (Å²) in [7, 11) is 0. The van der Waals surface area contributed by atoms with Gasteiger partial charge < -0.3 is 14.6 Å². The van der Waals surface area contributed by atoms with Crippen molar-refractivity contribution in [2.75, 3.05) is 0 Å². The molecule has 0 bridgehead atoms. The smallest absolute Gasteiger partial charge is 0.241 e. The van der Waals surface area contributed by atoms with Gasteiger partial charge in [0.05, 0.1) is 11.5 Å². The average molecular weight is 408 g/mol. The molecule has 160 valence electrons. The third-order valence-corrected chi connectivity index (χ3v) is 8.66. The summed E-state index contributed by atoms with van der Waals surface area (Å²) < 4.78 is 44.5. The highest BCUT2D eigenvalue weighted by atomic mass is 19.1. The van der Waals surface area contributed by atoms with Gasteiger partial charge in [-0.25, -0.2) is 8.78 Å². The van der Waals surface area contributed by atoms with Gasteiger partial charge in [-0.15, -0.1) is 0 Å². The summed E-state index contributed by atoms with van der Waals surface area (Å²) in [6.45, 7) is 5.68. The summed E-state index contributed by atoms with van der Waals surface area (Å²) in [5.41, 5.74) is -3.70. The largest absolute Gasteiger partial charge is 0.454 e. The highest BCUT2D eigenvalue weighted by Gasteiger charge is 2.74. The second-order valence-electron chi connectivity index (χ2n) is 10.2. The molecule has 1 heterocycles. The van der Waals surface area contributed by atoms with Gasteiger partial charge in [-0.1, -0.05) is 20.3 Å². The summed E-state index contributed by atoms with van der Waals surface area (Å²) in [5.74, 6) is -0.984. The summed E-state index contributed by atoms with van der Waals surface area (Å²) in [4.78, 5) is 12.7. The van der Waals surface area contributed by atoms with Crippen LogP contribution in [0.5, 0.6) is 0 Å². The number of allylic oxidation sites excluding steroid dienone is 2. The van der Waals surface area contributed by atoms with Gasteiger partial charge in [0.15, 0.2) is 11.4 Å². The molecule has 5 aliphatic rings. The Bertz CT molecular complexity index is 822. The van der Waals surface area contributed by atoms with Crippen LogP contribution in [0.1, 0.15) is 65.7 Å². The summed E-state index contributed by atoms with van der Waals surface area (Å²) in [6.07, 6.45) is 2.28. The van der Waals surface area contributed by atoms with Crippen molar-refractivity contribution in [1.82, 2.24) is 0 Å². The second-order valence-corrected chi connectivity index (χ2v) is 10.2. The van der Waals surface area contributed by atoms with Crippen molar-refractivity contribution in [3.63, 3.8) is 0 Å². The van der Waals surface area contributed by atoms with Crippen molar-refractivity contribution in [3.8, 4) is 0 Å². The second kappa shape index (κ2) is 6.05. The normalized spacial score (nSPS) is 50.8. The number of aliphatic hydroxyl groups excluding tert-OH is 1. The minimum Gasteiger partial charge on any atom is -0.454 e. The number of fused-ring (bicyclic) bond motifs is 6. The Morgan fingerprint density at radius 3 is 2.76 bits per heavy atom. The monoisotopic (exact) mass is 408 g/mol. The maximum atomic E-state index is 17.3. The van der Waals surface area contributed by atoms with Crippen LogP contribution >= 0.6 is 0 Å². The van der Waals surface area contributed by atoms with E-state index in [1.54, 1.807) is 6.92 Å². The number of hydrogen-bond donors (Lipinski definition) is 1. The van der Waals surface area contributed by atoms with Gasteiger partial charge in [0, 0.05) is 12.3 Å². The number of alkyl halides is 2. The van der Waals surface area contributed by atoms with Crippen LogP contribution in [0.3, 0.4) is 0 Å². The molecule has 1 N–H and O–H groups in total. The first-order chi connectivity index (χ1) is 13.7. The predicted octanol–water partition coefficient (Wildman–Crippen LogP) is 4.52. The Morgan fingerprint density at radius 2 is 2.03 bits per heavy atom. The van der Waals surface area contributed by atoms with Crippen molar-refractivity contribution in [2.45, 2.75) is 90.0 Å². The van der Waals surface area contributed by atoms with Gasteiger partial charge in [0.1, 0.15) is 6.17 Å². The zero-order chi connectivity index (χ0) is 20.8. The Kier molecular flexibility index (Phi) is 4.08. The number of hydrogen-bond acceptors (Lipinski definition) is 4. The van der Waals surface area contributed by atoms with Crippen LogP contribution in [0.4, 0.5) is 8.78 Å². The Labute approximate surface area is 170 Å². The first-order valence-electron chi connectivity index (χ1n) is 11.0. The minimum atomic E-state index is -2.10. The topological polar surface area (TPSA) is 55.8 Å². The SMILES string of the molecule is CCCC1OC2=C(O1)[C@@]1(C)C(=CC2=O)[C@@H](F)C[C@H]2[C@@H]3CCC[C@@]3(C)CC(O)[C@@]21F. The summed E-state index contributed by atoms with van der Waals surface area (Å²) in [5, 5.41) is 11.2. The van der Waals surface area contributed by atoms with E-state index in [0.717, 1.165) is 25.7 Å². The van der Waals surface area contributed by atoms with Crippen LogP contribution in [0.15, 0.2) is 23.2 Å². The van der Waals surface area contributed by atoms with Gasteiger partial charge in [-0.2, -0.15) is 0 Å². The van der Waals surface area contributed by atoms with Crippen LogP contribution in [0.2, 0.25) is 0 Å². The Morgan fingerprint density at radius 1 is 1.28 bits per heavy atom. The molecule has 3 fully saturated rings. The minimum absolute atomic E-state index is 0.00434. The fourth-order valence-corrected chi connectivity index (χ4v) is 7.26. The zero-order valence-electron chi connectivity index (χ0n) is 17.3. The van der Waals surface area contributed by atoms with Crippen molar-refractivity contribution < 1.29 is 28.2 Å². The lowest BCUT2D eigenvalue weighted by molar-refractivity contribution is -0.208. The molecular weight excluding hydrogens is 378 g/mol. The van der Waals surface area contributed by atoms with Crippen LogP contribution in [0, 0.1) is 22.7 Å². The fraction of sp³-hybridized carbons (Fsp3) is 0.783. The summed E-state index contributed by atoms with van der Waals surface area (Å²) in [6, 6.07) is 0. The lowest BCUT2D eigenvalue weighted by Crippen LogP contribution is -2.68. The van der Waals surface area contributed by atoms with Crippen LogP contribution in [0.25, 0.3) is 0 Å². The van der Waals surface area contributed by atoms with E-state index in [1.165, 1.54) is 6.08 Å². The summed E-state index contributed by atoms with van der Waals surface area (Å²) >= 11 is 0. The molecule has 29 heavy (non-hydrogen) atoms. The standard InChI is InChI=1S/C23H30F2O4/c1-4-6-18-28-19-16(26)10-14-15(24)9-13-12-7-5-8-21(12,2)11-17(27)23(13,25)22(14,3)20(19)29-18/h10,12-13,15,17-18,27H,4-9,11H2,1-3H3/t12-,13-,15-,17?,18?,21-,22+,23-/m0/s1. The molecule has 0 aromatic carbocycles. The first kappa shape index (κ1) is 19.5. The lowest BCUT2D eigenvalue weighted by atomic mass is 9.45. The van der Waals surface area contributed by atoms with Gasteiger partial charge in [-0.3, -0.25) is 4.79 Å². The van der Waals surface area contributed by atoms with Gasteiger partial charge in [0.25, 0.3) is 0 Å². The number of aliphatic hydroxyl groups is 1. The highest BCUT2D eigenvalue weighted by Crippen LogP contribution is 2.70. The van der Waals surface area contributed by atoms with Crippen LogP contribution < -0.4 is 0 Å². The Balaban J connectivity index is 1.66. The number of ketones is 1. The van der Waals surface area contributed by atoms with Crippen molar-refractivity contribution in [2.24, 2.45) is 22.7 Å². The van der Waals surface area contributed by atoms with E-state index in [4.69, 9.17) is 9.47 Å². The molecule has 0 amide bonds. The molecule has 5 rings (SSSR count). The van der Waals surface area contributed by atoms with Gasteiger partial charge in [-0.05, 0) is 62.0 Å². The van der Waals surface area contributed by atoms with E-state index in [2.05, 4.69) is 6.92 Å². The van der Waals surface area contributed by atoms with E-state index < -0.39 is 41.4 Å². The molecule has 2 unspecified atom stereocenters. The molecule has 1 aliphatic heterocycles. The van der Waals surface area contributed by atoms with E-state index in [0.29, 0.717) is 12.8 Å². The average Bonchev–Trinajstić information content (AvgIpc) is 3.25. The number of halogens is 2. The quantitative estimate of drug-likeness (QED) is 0.730. The van der Waals surface area contributed by atoms with Crippen LogP contribution in [-0.2, 0) is 14.3 Å². The first-order valence-corrected chi connectivity index (χ1v) is 11.0. The number of rotatable bonds is 2. The molecule has 8 atom stereocenters. The molecule has 0 spiro atoms. The molecule has 6 heteroatoms. The molecule has 4 nitrogen and oxygen atoms in total. The number of carbonyl (C=O) groups excluding carboxylic acids is 1. The van der Waals surface area contributed by atoms with Crippen molar-refractivity contribution >= 4 is 5.78 Å². The third kappa shape index (κ3) is 2.24. The van der Waals surface area contributed by atoms with E-state index >= 15 is 8.78 Å². The Hall–Kier alpha value is -1.43. The van der Waals surface area contributed by atoms with E-state index in [1.807, 2.05) is 6.92 Å². The molecule has 0 saturated heterocycles. The molecule has 0 aromatic heterocycles. The molecule has 3 saturated carbocycles. The fourth-order valence-electron chi connectivity index (χ4n) is 7.26. The van der Waals surface area contributed by atoms with E-state index in [9.17, 15) is 9.90 Å². The predicted molar refractivity (Wildman–Crippen MR) is 102 cm³/mol. The maximum absolute atomic E-state index is 17.3. The maximum Gasteiger partial charge on any atom is 0.241 e. The molecule has 0 radical (unpaired) electrons. The van der Waals surface area contributed by atoms with Crippen molar-refractivity contribution in [3.05, 3.63) is 23.2 Å². The number of carbonyl (C=O) groups is 1. The van der Waals surface area contributed by atoms with Gasteiger partial charge in [0.2, 0.25) is 17.8 Å². The van der Waals surface area contributed by atoms with Gasteiger partial charge >= 0.3 is 0 Å². The van der Waals surface area contributed by atoms with Crippen molar-refractivity contribution in [1.29, 1.82) is 0 Å². The molecule has 4 aliphatic carbocycles. The van der Waals surface area contributed by atoms with Crippen LogP contribution in [-0.4, -0.2) is 35.1 Å². The third-order valence-electron chi connectivity index (χ3n) is 8.66. The highest BCUT2D eigenvalue weighted by molar-refractivity contribution is 6.05. The molecule has 0 aromatic rings.